The van der Waals surface area contributed by atoms with Crippen molar-refractivity contribution in [1.29, 1.82) is 0 Å². The van der Waals surface area contributed by atoms with Crippen molar-refractivity contribution >= 4 is 11.3 Å². The van der Waals surface area contributed by atoms with E-state index in [-0.39, 0.29) is 0 Å². The molecule has 1 N–H and O–H groups in total. The number of nitrogens with one attached hydrogen (secondary N) is 1. The lowest BCUT2D eigenvalue weighted by molar-refractivity contribution is 0.466. The molecule has 0 radical (unpaired) electrons. The third kappa shape index (κ3) is 1.86. The largest absolute Gasteiger partial charge is 0.317 e. The number of aryl methyl sites for hydroxylation is 1. The molecule has 0 bridgehead atoms. The Bertz CT molecular complexity index is 292. The summed E-state index contributed by atoms with van der Waals surface area (Å²) >= 11 is 1.95. The molecular weight excluding hydrogens is 190 g/mol. The minimum atomic E-state index is 0.616. The van der Waals surface area contributed by atoms with Crippen LogP contribution in [0.5, 0.6) is 0 Å². The van der Waals surface area contributed by atoms with E-state index in [1.54, 1.807) is 10.4 Å². The van der Waals surface area contributed by atoms with Crippen LogP contribution < -0.4 is 5.32 Å². The van der Waals surface area contributed by atoms with E-state index in [1.165, 1.54) is 25.7 Å². The maximum atomic E-state index is 3.40. The fourth-order valence-electron chi connectivity index (χ4n) is 2.37. The van der Waals surface area contributed by atoms with Gasteiger partial charge >= 0.3 is 0 Å². The van der Waals surface area contributed by atoms with Gasteiger partial charge in [0.1, 0.15) is 0 Å². The molecule has 0 amide bonds. The van der Waals surface area contributed by atoms with E-state index in [2.05, 4.69) is 30.7 Å². The van der Waals surface area contributed by atoms with Crippen LogP contribution in [0.15, 0.2) is 11.4 Å². The Kier molecular flexibility index (Phi) is 3.24. The second-order valence-corrected chi connectivity index (χ2v) is 5.19. The second kappa shape index (κ2) is 4.45. The van der Waals surface area contributed by atoms with Crippen LogP contribution >= 0.6 is 11.3 Å². The molecule has 1 aromatic rings. The van der Waals surface area contributed by atoms with Gasteiger partial charge in [0.2, 0.25) is 0 Å². The molecule has 0 unspecified atom stereocenters. The summed E-state index contributed by atoms with van der Waals surface area (Å²) in [6.45, 7) is 2.31. The topological polar surface area (TPSA) is 12.0 Å². The van der Waals surface area contributed by atoms with E-state index < -0.39 is 0 Å². The number of hydrogen-bond acceptors (Lipinski definition) is 2. The van der Waals surface area contributed by atoms with Crippen molar-refractivity contribution in [2.45, 2.75) is 44.6 Å². The highest BCUT2D eigenvalue weighted by molar-refractivity contribution is 7.10. The molecule has 0 spiro atoms. The van der Waals surface area contributed by atoms with E-state index in [4.69, 9.17) is 0 Å². The highest BCUT2D eigenvalue weighted by Crippen LogP contribution is 2.36. The summed E-state index contributed by atoms with van der Waals surface area (Å²) in [5.74, 6) is 0.748. The maximum Gasteiger partial charge on any atom is 0.0124 e. The average molecular weight is 209 g/mol. The van der Waals surface area contributed by atoms with E-state index in [0.29, 0.717) is 6.04 Å². The number of likely N-dealkylation sites (N-methyl/N-ethyl adjacent to an activating group) is 1. The van der Waals surface area contributed by atoms with Gasteiger partial charge in [0.15, 0.2) is 0 Å². The first-order valence-corrected chi connectivity index (χ1v) is 6.44. The summed E-state index contributed by atoms with van der Waals surface area (Å²) in [5.41, 5.74) is 1.61. The van der Waals surface area contributed by atoms with Crippen LogP contribution in [0.1, 0.15) is 42.5 Å². The molecule has 0 fully saturated rings. The lowest BCUT2D eigenvalue weighted by Crippen LogP contribution is -2.28. The lowest BCUT2D eigenvalue weighted by Gasteiger charge is -2.22. The fourth-order valence-corrected chi connectivity index (χ4v) is 3.57. The first-order chi connectivity index (χ1) is 6.83. The third-order valence-electron chi connectivity index (χ3n) is 3.39. The zero-order valence-corrected chi connectivity index (χ0v) is 9.86. The summed E-state index contributed by atoms with van der Waals surface area (Å²) in [7, 11) is 2.07. The Morgan fingerprint density at radius 2 is 2.36 bits per heavy atom. The molecular formula is C12H19NS. The van der Waals surface area contributed by atoms with Crippen LogP contribution in [0, 0.1) is 0 Å². The Balaban J connectivity index is 2.26. The molecule has 0 saturated heterocycles. The monoisotopic (exact) mass is 209 g/mol. The highest BCUT2D eigenvalue weighted by Gasteiger charge is 2.23. The molecule has 2 atom stereocenters. The summed E-state index contributed by atoms with van der Waals surface area (Å²) in [4.78, 5) is 1.64. The van der Waals surface area contributed by atoms with Gasteiger partial charge < -0.3 is 5.32 Å². The lowest BCUT2D eigenvalue weighted by atomic mass is 9.94. The zero-order valence-electron chi connectivity index (χ0n) is 9.05. The van der Waals surface area contributed by atoms with Crippen molar-refractivity contribution in [2.24, 2.45) is 0 Å². The minimum Gasteiger partial charge on any atom is -0.317 e. The SMILES string of the molecule is CN[C@@H](C)[C@@H]1CCCCc2ccsc21. The van der Waals surface area contributed by atoms with Crippen LogP contribution in [0.2, 0.25) is 0 Å². The molecule has 78 valence electrons. The average Bonchev–Trinajstić information content (AvgIpc) is 2.57. The van der Waals surface area contributed by atoms with Crippen molar-refractivity contribution < 1.29 is 0 Å². The van der Waals surface area contributed by atoms with Crippen molar-refractivity contribution in [3.05, 3.63) is 21.9 Å². The van der Waals surface area contributed by atoms with Gasteiger partial charge in [-0.3, -0.25) is 0 Å². The van der Waals surface area contributed by atoms with Crippen molar-refractivity contribution in [1.82, 2.24) is 5.32 Å². The summed E-state index contributed by atoms with van der Waals surface area (Å²) in [6, 6.07) is 2.94. The first kappa shape index (κ1) is 10.2. The predicted molar refractivity (Wildman–Crippen MR) is 63.1 cm³/mol. The first-order valence-electron chi connectivity index (χ1n) is 5.56. The number of fused-ring (bicyclic) bond motifs is 1. The summed E-state index contributed by atoms with van der Waals surface area (Å²) in [6.07, 6.45) is 5.41. The Morgan fingerprint density at radius 3 is 3.14 bits per heavy atom. The molecule has 2 rings (SSSR count). The molecule has 1 aromatic heterocycles. The minimum absolute atomic E-state index is 0.616. The van der Waals surface area contributed by atoms with Gasteiger partial charge in [0, 0.05) is 16.8 Å². The normalized spacial score (nSPS) is 24.0. The third-order valence-corrected chi connectivity index (χ3v) is 4.48. The van der Waals surface area contributed by atoms with Crippen LogP contribution in [0.25, 0.3) is 0 Å². The Labute approximate surface area is 90.5 Å². The van der Waals surface area contributed by atoms with Gasteiger partial charge in [-0.2, -0.15) is 0 Å². The van der Waals surface area contributed by atoms with Crippen molar-refractivity contribution in [3.8, 4) is 0 Å². The van der Waals surface area contributed by atoms with Gasteiger partial charge in [-0.1, -0.05) is 6.42 Å². The molecule has 0 aliphatic heterocycles. The van der Waals surface area contributed by atoms with Gasteiger partial charge in [-0.05, 0) is 50.2 Å². The van der Waals surface area contributed by atoms with Crippen LogP contribution in [-0.4, -0.2) is 13.1 Å². The second-order valence-electron chi connectivity index (χ2n) is 4.24. The van der Waals surface area contributed by atoms with Crippen LogP contribution in [-0.2, 0) is 6.42 Å². The number of thiophene rings is 1. The van der Waals surface area contributed by atoms with E-state index in [9.17, 15) is 0 Å². The molecule has 1 aliphatic rings. The Morgan fingerprint density at radius 1 is 1.50 bits per heavy atom. The summed E-state index contributed by atoms with van der Waals surface area (Å²) in [5, 5.41) is 5.66. The van der Waals surface area contributed by atoms with Crippen molar-refractivity contribution in [2.75, 3.05) is 7.05 Å². The number of hydrogen-bond donors (Lipinski definition) is 1. The van der Waals surface area contributed by atoms with Gasteiger partial charge in [0.25, 0.3) is 0 Å². The predicted octanol–water partition coefficient (Wildman–Crippen LogP) is 3.17. The highest BCUT2D eigenvalue weighted by atomic mass is 32.1. The fraction of sp³-hybridized carbons (Fsp3) is 0.667. The maximum absolute atomic E-state index is 3.40. The standard InChI is InChI=1S/C12H19NS/c1-9(13-2)11-6-4-3-5-10-7-8-14-12(10)11/h7-9,11,13H,3-6H2,1-2H3/t9-,11-/m0/s1. The smallest absolute Gasteiger partial charge is 0.0124 e. The van der Waals surface area contributed by atoms with E-state index >= 15 is 0 Å². The van der Waals surface area contributed by atoms with E-state index in [0.717, 1.165) is 5.92 Å². The van der Waals surface area contributed by atoms with Crippen molar-refractivity contribution in [3.63, 3.8) is 0 Å². The van der Waals surface area contributed by atoms with Crippen LogP contribution in [0.4, 0.5) is 0 Å². The molecule has 1 heterocycles. The zero-order chi connectivity index (χ0) is 9.97. The van der Waals surface area contributed by atoms with Crippen LogP contribution in [0.3, 0.4) is 0 Å². The molecule has 2 heteroatoms. The van der Waals surface area contributed by atoms with Gasteiger partial charge in [0.05, 0.1) is 0 Å². The van der Waals surface area contributed by atoms with Gasteiger partial charge in [-0.15, -0.1) is 11.3 Å². The number of rotatable bonds is 2. The molecule has 14 heavy (non-hydrogen) atoms. The quantitative estimate of drug-likeness (QED) is 0.738. The summed E-state index contributed by atoms with van der Waals surface area (Å²) < 4.78 is 0. The molecule has 1 nitrogen and oxygen atoms in total. The Hall–Kier alpha value is -0.340. The van der Waals surface area contributed by atoms with E-state index in [1.807, 2.05) is 11.3 Å². The molecule has 1 aliphatic carbocycles. The van der Waals surface area contributed by atoms with Gasteiger partial charge in [-0.25, -0.2) is 0 Å². The molecule has 0 saturated carbocycles. The molecule has 0 aromatic carbocycles.